The number of methoxy groups -OCH3 is 1. The van der Waals surface area contributed by atoms with E-state index in [1.54, 1.807) is 7.11 Å². The van der Waals surface area contributed by atoms with E-state index in [4.69, 9.17) is 9.47 Å². The Morgan fingerprint density at radius 1 is 1.50 bits per heavy atom. The molecule has 2 fully saturated rings. The van der Waals surface area contributed by atoms with Gasteiger partial charge < -0.3 is 14.8 Å². The molecule has 1 spiro atoms. The van der Waals surface area contributed by atoms with Gasteiger partial charge in [0, 0.05) is 7.11 Å². The molecule has 0 bridgehead atoms. The standard InChI is InChI=1S/C10H17NO3/c1-13-8-2-4-10(5-3-8)7-14-6-9(12)11-10/h8H,2-7H2,1H3,(H,11,12). The summed E-state index contributed by atoms with van der Waals surface area (Å²) in [5.41, 5.74) is -0.0929. The molecule has 0 aromatic heterocycles. The SMILES string of the molecule is COC1CCC2(CC1)COCC(=O)N2. The zero-order valence-electron chi connectivity index (χ0n) is 8.54. The average molecular weight is 199 g/mol. The average Bonchev–Trinajstić information content (AvgIpc) is 2.19. The lowest BCUT2D eigenvalue weighted by molar-refractivity contribution is -0.137. The molecule has 0 aromatic rings. The fourth-order valence-corrected chi connectivity index (χ4v) is 2.36. The second-order valence-electron chi connectivity index (χ2n) is 4.26. The number of carbonyl (C=O) groups is 1. The van der Waals surface area contributed by atoms with Crippen molar-refractivity contribution in [1.82, 2.24) is 5.32 Å². The van der Waals surface area contributed by atoms with Crippen molar-refractivity contribution in [2.75, 3.05) is 20.3 Å². The van der Waals surface area contributed by atoms with Crippen molar-refractivity contribution in [2.45, 2.75) is 37.3 Å². The number of hydrogen-bond donors (Lipinski definition) is 1. The zero-order valence-corrected chi connectivity index (χ0v) is 8.54. The van der Waals surface area contributed by atoms with Gasteiger partial charge in [0.05, 0.1) is 18.2 Å². The molecular formula is C10H17NO3. The fraction of sp³-hybridized carbons (Fsp3) is 0.900. The predicted molar refractivity (Wildman–Crippen MR) is 51.0 cm³/mol. The zero-order chi connectivity index (χ0) is 10.0. The van der Waals surface area contributed by atoms with Gasteiger partial charge in [0.2, 0.25) is 5.91 Å². The lowest BCUT2D eigenvalue weighted by Crippen LogP contribution is -2.59. The van der Waals surface area contributed by atoms with E-state index >= 15 is 0 Å². The van der Waals surface area contributed by atoms with E-state index in [1.165, 1.54) is 0 Å². The van der Waals surface area contributed by atoms with Crippen LogP contribution in [0.5, 0.6) is 0 Å². The quantitative estimate of drug-likeness (QED) is 0.667. The molecule has 1 aliphatic heterocycles. The Balaban J connectivity index is 1.94. The minimum absolute atomic E-state index is 0.0205. The maximum Gasteiger partial charge on any atom is 0.246 e. The summed E-state index contributed by atoms with van der Waals surface area (Å²) in [6, 6.07) is 0. The van der Waals surface area contributed by atoms with Crippen LogP contribution in [0.15, 0.2) is 0 Å². The van der Waals surface area contributed by atoms with Gasteiger partial charge in [0.25, 0.3) is 0 Å². The molecule has 2 rings (SSSR count). The number of amides is 1. The minimum Gasteiger partial charge on any atom is -0.381 e. The summed E-state index contributed by atoms with van der Waals surface area (Å²) in [5.74, 6) is 0.0205. The molecule has 0 aromatic carbocycles. The Morgan fingerprint density at radius 2 is 2.21 bits per heavy atom. The first-order valence-corrected chi connectivity index (χ1v) is 5.16. The van der Waals surface area contributed by atoms with Crippen molar-refractivity contribution in [3.05, 3.63) is 0 Å². The third kappa shape index (κ3) is 1.91. The van der Waals surface area contributed by atoms with Gasteiger partial charge in [-0.25, -0.2) is 0 Å². The minimum atomic E-state index is -0.0929. The van der Waals surface area contributed by atoms with Gasteiger partial charge in [-0.05, 0) is 25.7 Å². The van der Waals surface area contributed by atoms with Crippen molar-refractivity contribution < 1.29 is 14.3 Å². The van der Waals surface area contributed by atoms with E-state index in [2.05, 4.69) is 5.32 Å². The van der Waals surface area contributed by atoms with Gasteiger partial charge in [-0.1, -0.05) is 0 Å². The van der Waals surface area contributed by atoms with E-state index < -0.39 is 0 Å². The maximum atomic E-state index is 11.2. The third-order valence-electron chi connectivity index (χ3n) is 3.24. The van der Waals surface area contributed by atoms with E-state index in [1.807, 2.05) is 0 Å². The van der Waals surface area contributed by atoms with Gasteiger partial charge in [-0.15, -0.1) is 0 Å². The van der Waals surface area contributed by atoms with E-state index in [9.17, 15) is 4.79 Å². The molecule has 4 heteroatoms. The fourth-order valence-electron chi connectivity index (χ4n) is 2.36. The van der Waals surface area contributed by atoms with Crippen LogP contribution in [0.3, 0.4) is 0 Å². The Labute approximate surface area is 84.0 Å². The van der Waals surface area contributed by atoms with Crippen LogP contribution in [-0.2, 0) is 14.3 Å². The normalized spacial score (nSPS) is 38.4. The summed E-state index contributed by atoms with van der Waals surface area (Å²) in [6.45, 7) is 0.880. The van der Waals surface area contributed by atoms with Gasteiger partial charge in [0.15, 0.2) is 0 Å². The van der Waals surface area contributed by atoms with Gasteiger partial charge >= 0.3 is 0 Å². The Morgan fingerprint density at radius 3 is 2.79 bits per heavy atom. The molecule has 2 aliphatic rings. The second kappa shape index (κ2) is 3.87. The second-order valence-corrected chi connectivity index (χ2v) is 4.26. The highest BCUT2D eigenvalue weighted by Crippen LogP contribution is 2.31. The number of hydrogen-bond acceptors (Lipinski definition) is 3. The summed E-state index contributed by atoms with van der Waals surface area (Å²) < 4.78 is 10.6. The van der Waals surface area contributed by atoms with Crippen LogP contribution < -0.4 is 5.32 Å². The van der Waals surface area contributed by atoms with Crippen LogP contribution in [0.4, 0.5) is 0 Å². The van der Waals surface area contributed by atoms with Gasteiger partial charge in [-0.2, -0.15) is 0 Å². The lowest BCUT2D eigenvalue weighted by atomic mass is 9.80. The predicted octanol–water partition coefficient (Wildman–Crippen LogP) is 0.461. The molecule has 80 valence electrons. The Kier molecular flexibility index (Phi) is 2.74. The molecule has 1 aliphatic carbocycles. The van der Waals surface area contributed by atoms with E-state index in [0.29, 0.717) is 12.7 Å². The smallest absolute Gasteiger partial charge is 0.246 e. The van der Waals surface area contributed by atoms with Crippen molar-refractivity contribution in [3.63, 3.8) is 0 Å². The molecule has 1 heterocycles. The van der Waals surface area contributed by atoms with Crippen molar-refractivity contribution in [1.29, 1.82) is 0 Å². The number of rotatable bonds is 1. The Hall–Kier alpha value is -0.610. The van der Waals surface area contributed by atoms with Crippen LogP contribution >= 0.6 is 0 Å². The summed E-state index contributed by atoms with van der Waals surface area (Å²) >= 11 is 0. The molecule has 0 unspecified atom stereocenters. The molecular weight excluding hydrogens is 182 g/mol. The number of carbonyl (C=O) groups excluding carboxylic acids is 1. The van der Waals surface area contributed by atoms with Crippen molar-refractivity contribution >= 4 is 5.91 Å². The Bertz CT molecular complexity index is 221. The first-order valence-electron chi connectivity index (χ1n) is 5.16. The molecule has 1 amide bonds. The molecule has 14 heavy (non-hydrogen) atoms. The highest BCUT2D eigenvalue weighted by atomic mass is 16.5. The number of morpholine rings is 1. The maximum absolute atomic E-state index is 11.2. The van der Waals surface area contributed by atoms with Crippen LogP contribution in [0.1, 0.15) is 25.7 Å². The van der Waals surface area contributed by atoms with Crippen molar-refractivity contribution in [3.8, 4) is 0 Å². The van der Waals surface area contributed by atoms with Crippen molar-refractivity contribution in [2.24, 2.45) is 0 Å². The van der Waals surface area contributed by atoms with E-state index in [0.717, 1.165) is 25.7 Å². The highest BCUT2D eigenvalue weighted by molar-refractivity contribution is 5.78. The molecule has 0 atom stereocenters. The molecule has 4 nitrogen and oxygen atoms in total. The monoisotopic (exact) mass is 199 g/mol. The van der Waals surface area contributed by atoms with Crippen LogP contribution in [-0.4, -0.2) is 37.9 Å². The molecule has 1 saturated heterocycles. The molecule has 1 saturated carbocycles. The first kappa shape index (κ1) is 9.93. The summed E-state index contributed by atoms with van der Waals surface area (Å²) in [4.78, 5) is 11.2. The lowest BCUT2D eigenvalue weighted by Gasteiger charge is -2.42. The third-order valence-corrected chi connectivity index (χ3v) is 3.24. The van der Waals surface area contributed by atoms with Crippen LogP contribution in [0.2, 0.25) is 0 Å². The number of nitrogens with one attached hydrogen (secondary N) is 1. The first-order chi connectivity index (χ1) is 6.74. The van der Waals surface area contributed by atoms with Gasteiger partial charge in [0.1, 0.15) is 6.61 Å². The van der Waals surface area contributed by atoms with Crippen LogP contribution in [0.25, 0.3) is 0 Å². The summed E-state index contributed by atoms with van der Waals surface area (Å²) in [7, 11) is 1.75. The number of ether oxygens (including phenoxy) is 2. The summed E-state index contributed by atoms with van der Waals surface area (Å²) in [5, 5.41) is 3.06. The molecule has 1 N–H and O–H groups in total. The molecule has 0 radical (unpaired) electrons. The van der Waals surface area contributed by atoms with E-state index in [-0.39, 0.29) is 18.1 Å². The van der Waals surface area contributed by atoms with Gasteiger partial charge in [-0.3, -0.25) is 4.79 Å². The highest BCUT2D eigenvalue weighted by Gasteiger charge is 2.39. The topological polar surface area (TPSA) is 47.6 Å². The largest absolute Gasteiger partial charge is 0.381 e. The summed E-state index contributed by atoms with van der Waals surface area (Å²) in [6.07, 6.45) is 4.33. The van der Waals surface area contributed by atoms with Crippen LogP contribution in [0, 0.1) is 0 Å².